The maximum absolute atomic E-state index is 13.2. The smallest absolute Gasteiger partial charge is 0.260 e. The number of nitrogens with zero attached hydrogens (tertiary/aromatic N) is 2. The molecule has 7 heteroatoms. The van der Waals surface area contributed by atoms with Crippen LogP contribution >= 0.6 is 31.9 Å². The Morgan fingerprint density at radius 2 is 1.78 bits per heavy atom. The number of benzene rings is 3. The Bertz CT molecular complexity index is 1120. The van der Waals surface area contributed by atoms with Gasteiger partial charge in [0.1, 0.15) is 11.6 Å². The average molecular weight is 564 g/mol. The van der Waals surface area contributed by atoms with Crippen molar-refractivity contribution >= 4 is 48.5 Å². The van der Waals surface area contributed by atoms with Crippen molar-refractivity contribution < 1.29 is 13.9 Å². The van der Waals surface area contributed by atoms with Crippen LogP contribution in [0, 0.1) is 5.82 Å². The minimum Gasteiger partial charge on any atom is -0.483 e. The molecule has 2 atom stereocenters. The molecular formula is C25H25Br2FN2O2. The summed E-state index contributed by atoms with van der Waals surface area (Å²) in [5, 5.41) is 2.12. The summed E-state index contributed by atoms with van der Waals surface area (Å²) in [6.45, 7) is 6.32. The van der Waals surface area contributed by atoms with E-state index in [-0.39, 0.29) is 30.4 Å². The number of carbonyl (C=O) groups excluding carboxylic acids is 1. The second-order valence-corrected chi connectivity index (χ2v) is 10.0. The molecule has 0 saturated carbocycles. The van der Waals surface area contributed by atoms with Crippen LogP contribution in [0.2, 0.25) is 0 Å². The van der Waals surface area contributed by atoms with Gasteiger partial charge in [-0.1, -0.05) is 40.2 Å². The van der Waals surface area contributed by atoms with Crippen molar-refractivity contribution in [2.75, 3.05) is 19.7 Å². The zero-order chi connectivity index (χ0) is 22.8. The molecule has 1 saturated heterocycles. The maximum atomic E-state index is 13.2. The summed E-state index contributed by atoms with van der Waals surface area (Å²) < 4.78 is 21.0. The Labute approximate surface area is 204 Å². The standard InChI is InChI=1S/C25H25Br2FN2O2/c1-16-13-30(17(2)12-29(16)14-18-3-7-21(28)8-4-18)24(31)15-32-23-10-5-19-11-20(26)6-9-22(19)25(23)27/h3-11,16-17H,12-15H2,1-2H3. The van der Waals surface area contributed by atoms with Crippen molar-refractivity contribution in [1.29, 1.82) is 0 Å². The van der Waals surface area contributed by atoms with Gasteiger partial charge in [-0.2, -0.15) is 0 Å². The van der Waals surface area contributed by atoms with Crippen LogP contribution in [0.15, 0.2) is 63.5 Å². The predicted molar refractivity (Wildman–Crippen MR) is 132 cm³/mol. The molecule has 1 aliphatic heterocycles. The van der Waals surface area contributed by atoms with E-state index in [0.717, 1.165) is 38.4 Å². The molecule has 2 unspecified atom stereocenters. The molecule has 4 nitrogen and oxygen atoms in total. The Hall–Kier alpha value is -1.96. The van der Waals surface area contributed by atoms with Gasteiger partial charge in [0, 0.05) is 36.2 Å². The zero-order valence-electron chi connectivity index (χ0n) is 18.0. The summed E-state index contributed by atoms with van der Waals surface area (Å²) in [5.74, 6) is 0.411. The number of halogens is 3. The number of amides is 1. The molecule has 1 heterocycles. The summed E-state index contributed by atoms with van der Waals surface area (Å²) in [7, 11) is 0. The van der Waals surface area contributed by atoms with Gasteiger partial charge in [-0.05, 0) is 76.4 Å². The lowest BCUT2D eigenvalue weighted by molar-refractivity contribution is -0.139. The highest BCUT2D eigenvalue weighted by molar-refractivity contribution is 9.11. The lowest BCUT2D eigenvalue weighted by Gasteiger charge is -2.44. The number of ether oxygens (including phenoxy) is 1. The minimum atomic E-state index is -0.225. The number of piperazine rings is 1. The molecule has 168 valence electrons. The minimum absolute atomic E-state index is 0.00431. The first kappa shape index (κ1) is 23.2. The van der Waals surface area contributed by atoms with E-state index >= 15 is 0 Å². The van der Waals surface area contributed by atoms with Gasteiger partial charge in [0.15, 0.2) is 6.61 Å². The second kappa shape index (κ2) is 9.89. The van der Waals surface area contributed by atoms with Crippen LogP contribution in [0.1, 0.15) is 19.4 Å². The molecule has 1 aliphatic rings. The third-order valence-corrected chi connectivity index (χ3v) is 7.28. The van der Waals surface area contributed by atoms with Crippen molar-refractivity contribution in [2.45, 2.75) is 32.5 Å². The van der Waals surface area contributed by atoms with Gasteiger partial charge in [-0.15, -0.1) is 0 Å². The summed E-state index contributed by atoms with van der Waals surface area (Å²) in [5.41, 5.74) is 1.07. The van der Waals surface area contributed by atoms with Crippen molar-refractivity contribution in [3.63, 3.8) is 0 Å². The first-order chi connectivity index (χ1) is 15.3. The molecule has 1 fully saturated rings. The maximum Gasteiger partial charge on any atom is 0.260 e. The van der Waals surface area contributed by atoms with Gasteiger partial charge in [-0.3, -0.25) is 9.69 Å². The van der Waals surface area contributed by atoms with Gasteiger partial charge < -0.3 is 9.64 Å². The van der Waals surface area contributed by atoms with E-state index in [0.29, 0.717) is 12.3 Å². The molecule has 1 amide bonds. The molecule has 3 aromatic carbocycles. The first-order valence-corrected chi connectivity index (χ1v) is 12.2. The van der Waals surface area contributed by atoms with E-state index in [2.05, 4.69) is 50.6 Å². The lowest BCUT2D eigenvalue weighted by atomic mass is 10.1. The molecule has 0 aromatic heterocycles. The van der Waals surface area contributed by atoms with E-state index in [4.69, 9.17) is 4.74 Å². The van der Waals surface area contributed by atoms with Gasteiger partial charge in [0.05, 0.1) is 4.47 Å². The third-order valence-electron chi connectivity index (χ3n) is 5.97. The molecule has 0 radical (unpaired) electrons. The molecule has 0 aliphatic carbocycles. The van der Waals surface area contributed by atoms with E-state index in [1.54, 1.807) is 0 Å². The van der Waals surface area contributed by atoms with E-state index in [1.807, 2.05) is 47.4 Å². The summed E-state index contributed by atoms with van der Waals surface area (Å²) in [6.07, 6.45) is 0. The largest absolute Gasteiger partial charge is 0.483 e. The number of hydrogen-bond acceptors (Lipinski definition) is 3. The second-order valence-electron chi connectivity index (χ2n) is 8.33. The SMILES string of the molecule is CC1CN(C(=O)COc2ccc3cc(Br)ccc3c2Br)C(C)CN1Cc1ccc(F)cc1. The van der Waals surface area contributed by atoms with Crippen molar-refractivity contribution in [3.05, 3.63) is 74.9 Å². The number of fused-ring (bicyclic) bond motifs is 1. The van der Waals surface area contributed by atoms with E-state index < -0.39 is 0 Å². The fraction of sp³-hybridized carbons (Fsp3) is 0.320. The molecule has 32 heavy (non-hydrogen) atoms. The fourth-order valence-electron chi connectivity index (χ4n) is 4.17. The molecule has 3 aromatic rings. The van der Waals surface area contributed by atoms with Crippen LogP contribution in [0.4, 0.5) is 4.39 Å². The van der Waals surface area contributed by atoms with Crippen molar-refractivity contribution in [3.8, 4) is 5.75 Å². The van der Waals surface area contributed by atoms with Crippen LogP contribution in [-0.4, -0.2) is 47.5 Å². The summed E-state index contributed by atoms with van der Waals surface area (Å²) >= 11 is 7.11. The highest BCUT2D eigenvalue weighted by atomic mass is 79.9. The average Bonchev–Trinajstić information content (AvgIpc) is 2.77. The molecular weight excluding hydrogens is 539 g/mol. The third kappa shape index (κ3) is 5.16. The van der Waals surface area contributed by atoms with Gasteiger partial charge in [0.25, 0.3) is 5.91 Å². The molecule has 0 bridgehead atoms. The highest BCUT2D eigenvalue weighted by Crippen LogP contribution is 2.34. The van der Waals surface area contributed by atoms with Crippen LogP contribution < -0.4 is 4.74 Å². The zero-order valence-corrected chi connectivity index (χ0v) is 21.2. The monoisotopic (exact) mass is 562 g/mol. The Kier molecular flexibility index (Phi) is 7.17. The number of carbonyl (C=O) groups is 1. The lowest BCUT2D eigenvalue weighted by Crippen LogP contribution is -2.58. The predicted octanol–water partition coefficient (Wildman–Crippen LogP) is 6.00. The van der Waals surface area contributed by atoms with Crippen LogP contribution in [0.3, 0.4) is 0 Å². The molecule has 4 rings (SSSR count). The summed E-state index contributed by atoms with van der Waals surface area (Å²) in [6, 6.07) is 16.8. The van der Waals surface area contributed by atoms with E-state index in [1.165, 1.54) is 12.1 Å². The quantitative estimate of drug-likeness (QED) is 0.381. The first-order valence-electron chi connectivity index (χ1n) is 10.6. The Balaban J connectivity index is 1.38. The Morgan fingerprint density at radius 1 is 1.03 bits per heavy atom. The number of hydrogen-bond donors (Lipinski definition) is 0. The number of rotatable bonds is 5. The molecule has 0 spiro atoms. The Morgan fingerprint density at radius 3 is 2.53 bits per heavy atom. The van der Waals surface area contributed by atoms with Gasteiger partial charge in [-0.25, -0.2) is 4.39 Å². The van der Waals surface area contributed by atoms with Crippen LogP contribution in [-0.2, 0) is 11.3 Å². The van der Waals surface area contributed by atoms with Crippen molar-refractivity contribution in [1.82, 2.24) is 9.80 Å². The van der Waals surface area contributed by atoms with Gasteiger partial charge >= 0.3 is 0 Å². The highest BCUT2D eigenvalue weighted by Gasteiger charge is 2.32. The summed E-state index contributed by atoms with van der Waals surface area (Å²) in [4.78, 5) is 17.2. The fourth-order valence-corrected chi connectivity index (χ4v) is 5.15. The van der Waals surface area contributed by atoms with Crippen LogP contribution in [0.5, 0.6) is 5.75 Å². The van der Waals surface area contributed by atoms with Gasteiger partial charge in [0.2, 0.25) is 0 Å². The topological polar surface area (TPSA) is 32.8 Å². The normalized spacial score (nSPS) is 19.3. The molecule has 0 N–H and O–H groups in total. The van der Waals surface area contributed by atoms with Crippen molar-refractivity contribution in [2.24, 2.45) is 0 Å². The van der Waals surface area contributed by atoms with E-state index in [9.17, 15) is 9.18 Å². The van der Waals surface area contributed by atoms with Crippen LogP contribution in [0.25, 0.3) is 10.8 Å².